The van der Waals surface area contributed by atoms with Gasteiger partial charge in [-0.05, 0) is 36.2 Å². The van der Waals surface area contributed by atoms with Crippen molar-refractivity contribution in [3.8, 4) is 5.75 Å². The number of aromatic nitrogens is 2. The van der Waals surface area contributed by atoms with E-state index < -0.39 is 0 Å². The van der Waals surface area contributed by atoms with Crippen molar-refractivity contribution in [1.29, 1.82) is 0 Å². The van der Waals surface area contributed by atoms with E-state index in [0.717, 1.165) is 36.5 Å². The number of benzene rings is 2. The predicted molar refractivity (Wildman–Crippen MR) is 126 cm³/mol. The SMILES string of the molecule is COCCn1cnc2cc(N3CCN(C(=O)C4COc5ccccc5C4)CC3)ccc2c1=O. The minimum atomic E-state index is -0.128. The molecule has 1 unspecified atom stereocenters. The predicted octanol–water partition coefficient (Wildman–Crippen LogP) is 1.94. The molecule has 8 nitrogen and oxygen atoms in total. The number of hydrogen-bond donors (Lipinski definition) is 0. The summed E-state index contributed by atoms with van der Waals surface area (Å²) >= 11 is 0. The van der Waals surface area contributed by atoms with E-state index in [1.807, 2.05) is 47.4 Å². The van der Waals surface area contributed by atoms with Crippen molar-refractivity contribution in [3.05, 3.63) is 64.7 Å². The normalized spacial score (nSPS) is 18.2. The summed E-state index contributed by atoms with van der Waals surface area (Å²) in [5.41, 5.74) is 2.75. The number of amides is 1. The van der Waals surface area contributed by atoms with Crippen molar-refractivity contribution < 1.29 is 14.3 Å². The molecule has 0 N–H and O–H groups in total. The van der Waals surface area contributed by atoms with Crippen LogP contribution < -0.4 is 15.2 Å². The molecule has 172 valence electrons. The Morgan fingerprint density at radius 1 is 1.15 bits per heavy atom. The number of piperazine rings is 1. The average molecular weight is 449 g/mol. The number of rotatable bonds is 5. The third-order valence-electron chi connectivity index (χ3n) is 6.53. The molecule has 1 atom stereocenters. The zero-order chi connectivity index (χ0) is 22.8. The van der Waals surface area contributed by atoms with Crippen molar-refractivity contribution in [2.45, 2.75) is 13.0 Å². The van der Waals surface area contributed by atoms with E-state index in [0.29, 0.717) is 43.8 Å². The first-order valence-electron chi connectivity index (χ1n) is 11.4. The quantitative estimate of drug-likeness (QED) is 0.594. The lowest BCUT2D eigenvalue weighted by molar-refractivity contribution is -0.137. The van der Waals surface area contributed by atoms with Gasteiger partial charge in [0.1, 0.15) is 12.4 Å². The molecule has 8 heteroatoms. The molecular formula is C25H28N4O4. The fourth-order valence-corrected chi connectivity index (χ4v) is 4.62. The Hall–Kier alpha value is -3.39. The lowest BCUT2D eigenvalue weighted by Gasteiger charge is -2.38. The van der Waals surface area contributed by atoms with E-state index >= 15 is 0 Å². The van der Waals surface area contributed by atoms with Crippen LogP contribution in [0.3, 0.4) is 0 Å². The van der Waals surface area contributed by atoms with Crippen molar-refractivity contribution in [3.63, 3.8) is 0 Å². The Balaban J connectivity index is 1.23. The topological polar surface area (TPSA) is 76.9 Å². The summed E-state index contributed by atoms with van der Waals surface area (Å²) in [6.07, 6.45) is 2.31. The van der Waals surface area contributed by atoms with Crippen molar-refractivity contribution in [2.75, 3.05) is 51.4 Å². The van der Waals surface area contributed by atoms with Crippen LogP contribution in [0.2, 0.25) is 0 Å². The number of fused-ring (bicyclic) bond motifs is 2. The van der Waals surface area contributed by atoms with Crippen molar-refractivity contribution in [1.82, 2.24) is 14.5 Å². The van der Waals surface area contributed by atoms with E-state index in [9.17, 15) is 9.59 Å². The van der Waals surface area contributed by atoms with E-state index in [-0.39, 0.29) is 17.4 Å². The minimum Gasteiger partial charge on any atom is -0.492 e. The molecule has 1 aromatic heterocycles. The van der Waals surface area contributed by atoms with Crippen LogP contribution in [-0.2, 0) is 22.5 Å². The van der Waals surface area contributed by atoms with Crippen LogP contribution in [0, 0.1) is 5.92 Å². The van der Waals surface area contributed by atoms with E-state index in [2.05, 4.69) is 9.88 Å². The Bertz CT molecular complexity index is 1220. The van der Waals surface area contributed by atoms with Crippen LogP contribution in [-0.4, -0.2) is 66.9 Å². The molecular weight excluding hydrogens is 420 g/mol. The monoisotopic (exact) mass is 448 g/mol. The van der Waals surface area contributed by atoms with E-state index in [1.165, 1.54) is 0 Å². The number of carbonyl (C=O) groups excluding carboxylic acids is 1. The lowest BCUT2D eigenvalue weighted by atomic mass is 9.95. The standard InChI is InChI=1S/C25H28N4O4/c1-32-13-12-29-17-26-22-15-20(6-7-21(22)25(29)31)27-8-10-28(11-9-27)24(30)19-14-18-4-2-3-5-23(18)33-16-19/h2-7,15,17,19H,8-14,16H2,1H3. The van der Waals surface area contributed by atoms with Gasteiger partial charge >= 0.3 is 0 Å². The third-order valence-corrected chi connectivity index (χ3v) is 6.53. The maximum Gasteiger partial charge on any atom is 0.261 e. The molecule has 1 amide bonds. The molecule has 0 saturated carbocycles. The second-order valence-electron chi connectivity index (χ2n) is 8.57. The van der Waals surface area contributed by atoms with Crippen LogP contribution in [0.4, 0.5) is 5.69 Å². The maximum atomic E-state index is 13.1. The molecule has 1 fully saturated rings. The molecule has 3 heterocycles. The number of hydrogen-bond acceptors (Lipinski definition) is 6. The van der Waals surface area contributed by atoms with Gasteiger partial charge in [-0.3, -0.25) is 14.2 Å². The fraction of sp³-hybridized carbons (Fsp3) is 0.400. The third kappa shape index (κ3) is 4.30. The van der Waals surface area contributed by atoms with Crippen LogP contribution >= 0.6 is 0 Å². The number of methoxy groups -OCH3 is 1. The molecule has 0 aliphatic carbocycles. The van der Waals surface area contributed by atoms with Crippen LogP contribution in [0.5, 0.6) is 5.75 Å². The van der Waals surface area contributed by atoms with Gasteiger partial charge in [-0.2, -0.15) is 0 Å². The Labute approximate surface area is 192 Å². The van der Waals surface area contributed by atoms with Crippen molar-refractivity contribution in [2.24, 2.45) is 5.92 Å². The lowest BCUT2D eigenvalue weighted by Crippen LogP contribution is -2.51. The van der Waals surface area contributed by atoms with E-state index in [4.69, 9.17) is 9.47 Å². The number of para-hydroxylation sites is 1. The van der Waals surface area contributed by atoms with Gasteiger partial charge in [0.25, 0.3) is 5.56 Å². The first-order chi connectivity index (χ1) is 16.1. The Morgan fingerprint density at radius 2 is 1.97 bits per heavy atom. The highest BCUT2D eigenvalue weighted by molar-refractivity contribution is 5.82. The molecule has 0 spiro atoms. The Morgan fingerprint density at radius 3 is 2.79 bits per heavy atom. The first-order valence-corrected chi connectivity index (χ1v) is 11.4. The average Bonchev–Trinajstić information content (AvgIpc) is 2.87. The summed E-state index contributed by atoms with van der Waals surface area (Å²) in [5.74, 6) is 0.930. The summed E-state index contributed by atoms with van der Waals surface area (Å²) in [6, 6.07) is 13.7. The molecule has 33 heavy (non-hydrogen) atoms. The van der Waals surface area contributed by atoms with Gasteiger partial charge in [-0.15, -0.1) is 0 Å². The molecule has 0 bridgehead atoms. The van der Waals surface area contributed by atoms with Gasteiger partial charge < -0.3 is 19.3 Å². The zero-order valence-electron chi connectivity index (χ0n) is 18.8. The summed E-state index contributed by atoms with van der Waals surface area (Å²) in [6.45, 7) is 4.20. The highest BCUT2D eigenvalue weighted by Crippen LogP contribution is 2.28. The summed E-state index contributed by atoms with van der Waals surface area (Å²) < 4.78 is 12.5. The smallest absolute Gasteiger partial charge is 0.261 e. The molecule has 0 radical (unpaired) electrons. The number of carbonyl (C=O) groups is 1. The van der Waals surface area contributed by atoms with Gasteiger partial charge in [0.05, 0.1) is 36.3 Å². The molecule has 2 aliphatic rings. The molecule has 3 aromatic rings. The Kier molecular flexibility index (Phi) is 6.00. The second kappa shape index (κ2) is 9.23. The van der Waals surface area contributed by atoms with E-state index in [1.54, 1.807) is 18.0 Å². The highest BCUT2D eigenvalue weighted by Gasteiger charge is 2.31. The largest absolute Gasteiger partial charge is 0.492 e. The second-order valence-corrected chi connectivity index (χ2v) is 8.57. The number of nitrogens with zero attached hydrogens (tertiary/aromatic N) is 4. The van der Waals surface area contributed by atoms with Gasteiger partial charge in [-0.1, -0.05) is 18.2 Å². The zero-order valence-corrected chi connectivity index (χ0v) is 18.8. The molecule has 1 saturated heterocycles. The van der Waals surface area contributed by atoms with Crippen molar-refractivity contribution >= 4 is 22.5 Å². The van der Waals surface area contributed by atoms with Crippen LogP contribution in [0.25, 0.3) is 10.9 Å². The molecule has 5 rings (SSSR count). The maximum absolute atomic E-state index is 13.1. The van der Waals surface area contributed by atoms with Gasteiger partial charge in [0.2, 0.25) is 5.91 Å². The minimum absolute atomic E-state index is 0.0599. The number of anilines is 1. The van der Waals surface area contributed by atoms with Gasteiger partial charge in [-0.25, -0.2) is 4.98 Å². The molecule has 2 aromatic carbocycles. The van der Waals surface area contributed by atoms with Crippen LogP contribution in [0.15, 0.2) is 53.6 Å². The first kappa shape index (κ1) is 21.5. The van der Waals surface area contributed by atoms with Gasteiger partial charge in [0.15, 0.2) is 0 Å². The van der Waals surface area contributed by atoms with Gasteiger partial charge in [0, 0.05) is 39.0 Å². The summed E-state index contributed by atoms with van der Waals surface area (Å²) in [4.78, 5) is 34.4. The molecule has 2 aliphatic heterocycles. The number of ether oxygens (including phenoxy) is 2. The van der Waals surface area contributed by atoms with Crippen LogP contribution in [0.1, 0.15) is 5.56 Å². The summed E-state index contributed by atoms with van der Waals surface area (Å²) in [7, 11) is 1.61. The summed E-state index contributed by atoms with van der Waals surface area (Å²) in [5, 5.41) is 0.601. The fourth-order valence-electron chi connectivity index (χ4n) is 4.62. The highest BCUT2D eigenvalue weighted by atomic mass is 16.5.